The second kappa shape index (κ2) is 8.48. The van der Waals surface area contributed by atoms with Gasteiger partial charge in [-0.1, -0.05) is 35.9 Å². The van der Waals surface area contributed by atoms with Crippen LogP contribution < -0.4 is 10.6 Å². The van der Waals surface area contributed by atoms with Crippen LogP contribution in [0.2, 0.25) is 0 Å². The van der Waals surface area contributed by atoms with Crippen molar-refractivity contribution in [3.05, 3.63) is 88.7 Å². The molecule has 0 aliphatic rings. The van der Waals surface area contributed by atoms with E-state index in [2.05, 4.69) is 15.6 Å². The molecule has 0 atom stereocenters. The standard InChI is InChI=1S/C23H21N3O3/c1-14-10-11-19(15(2)12-14)26-23(29)21-9-5-8-20(25-21)22(28)24-18-7-4-6-17(13-18)16(3)27/h4-13H,1-3H3,(H,24,28)(H,26,29). The van der Waals surface area contributed by atoms with Gasteiger partial charge in [0.25, 0.3) is 11.8 Å². The number of rotatable bonds is 5. The van der Waals surface area contributed by atoms with E-state index in [0.29, 0.717) is 16.9 Å². The summed E-state index contributed by atoms with van der Waals surface area (Å²) in [4.78, 5) is 40.8. The van der Waals surface area contributed by atoms with Crippen LogP contribution in [0.15, 0.2) is 60.7 Å². The molecule has 1 aromatic heterocycles. The number of amides is 2. The van der Waals surface area contributed by atoms with Crippen molar-refractivity contribution in [2.24, 2.45) is 0 Å². The number of aromatic nitrogens is 1. The molecule has 0 aliphatic carbocycles. The van der Waals surface area contributed by atoms with Gasteiger partial charge in [0.1, 0.15) is 11.4 Å². The summed E-state index contributed by atoms with van der Waals surface area (Å²) in [6, 6.07) is 17.0. The Labute approximate surface area is 169 Å². The molecule has 3 aromatic rings. The molecule has 0 saturated carbocycles. The maximum atomic E-state index is 12.6. The zero-order chi connectivity index (χ0) is 21.0. The van der Waals surface area contributed by atoms with E-state index in [-0.39, 0.29) is 17.2 Å². The topological polar surface area (TPSA) is 88.2 Å². The van der Waals surface area contributed by atoms with Crippen LogP contribution in [0.5, 0.6) is 0 Å². The number of carbonyl (C=O) groups excluding carboxylic acids is 3. The zero-order valence-electron chi connectivity index (χ0n) is 16.4. The fraction of sp³-hybridized carbons (Fsp3) is 0.130. The number of ketones is 1. The second-order valence-corrected chi connectivity index (χ2v) is 6.77. The lowest BCUT2D eigenvalue weighted by Gasteiger charge is -2.10. The number of anilines is 2. The van der Waals surface area contributed by atoms with Crippen LogP contribution in [0.1, 0.15) is 49.4 Å². The number of nitrogens with one attached hydrogen (secondary N) is 2. The molecule has 6 heteroatoms. The maximum absolute atomic E-state index is 12.6. The highest BCUT2D eigenvalue weighted by atomic mass is 16.2. The van der Waals surface area contributed by atoms with Crippen molar-refractivity contribution in [2.45, 2.75) is 20.8 Å². The van der Waals surface area contributed by atoms with E-state index in [4.69, 9.17) is 0 Å². The molecular formula is C23H21N3O3. The molecule has 146 valence electrons. The summed E-state index contributed by atoms with van der Waals surface area (Å²) in [7, 11) is 0. The Bertz CT molecular complexity index is 1110. The lowest BCUT2D eigenvalue weighted by Crippen LogP contribution is -2.19. The second-order valence-electron chi connectivity index (χ2n) is 6.77. The number of hydrogen-bond donors (Lipinski definition) is 2. The third-order valence-electron chi connectivity index (χ3n) is 4.37. The summed E-state index contributed by atoms with van der Waals surface area (Å²) < 4.78 is 0. The lowest BCUT2D eigenvalue weighted by molar-refractivity contribution is 0.100. The SMILES string of the molecule is CC(=O)c1cccc(NC(=O)c2cccc(C(=O)Nc3ccc(C)cc3C)n2)c1. The van der Waals surface area contributed by atoms with Crippen molar-refractivity contribution in [1.82, 2.24) is 4.98 Å². The first-order valence-corrected chi connectivity index (χ1v) is 9.11. The number of nitrogens with zero attached hydrogens (tertiary/aromatic N) is 1. The zero-order valence-corrected chi connectivity index (χ0v) is 16.4. The highest BCUT2D eigenvalue weighted by molar-refractivity contribution is 6.06. The molecule has 0 unspecified atom stereocenters. The maximum Gasteiger partial charge on any atom is 0.274 e. The number of pyridine rings is 1. The molecule has 1 heterocycles. The Hall–Kier alpha value is -3.80. The van der Waals surface area contributed by atoms with Gasteiger partial charge in [0.05, 0.1) is 0 Å². The van der Waals surface area contributed by atoms with Crippen LogP contribution in [0.25, 0.3) is 0 Å². The number of aryl methyl sites for hydroxylation is 2. The highest BCUT2D eigenvalue weighted by Gasteiger charge is 2.14. The van der Waals surface area contributed by atoms with Crippen molar-refractivity contribution in [1.29, 1.82) is 0 Å². The Morgan fingerprint density at radius 3 is 2.10 bits per heavy atom. The van der Waals surface area contributed by atoms with Crippen LogP contribution in [-0.2, 0) is 0 Å². The molecule has 29 heavy (non-hydrogen) atoms. The quantitative estimate of drug-likeness (QED) is 0.635. The molecule has 2 N–H and O–H groups in total. The van der Waals surface area contributed by atoms with Gasteiger partial charge in [-0.3, -0.25) is 14.4 Å². The van der Waals surface area contributed by atoms with Crippen LogP contribution in [0.4, 0.5) is 11.4 Å². The fourth-order valence-electron chi connectivity index (χ4n) is 2.84. The van der Waals surface area contributed by atoms with E-state index >= 15 is 0 Å². The monoisotopic (exact) mass is 387 g/mol. The van der Waals surface area contributed by atoms with Crippen LogP contribution in [-0.4, -0.2) is 22.6 Å². The summed E-state index contributed by atoms with van der Waals surface area (Å²) in [6.45, 7) is 5.35. The summed E-state index contributed by atoms with van der Waals surface area (Å²) in [5.74, 6) is -0.957. The number of hydrogen-bond acceptors (Lipinski definition) is 4. The Morgan fingerprint density at radius 2 is 1.45 bits per heavy atom. The molecule has 0 aliphatic heterocycles. The molecule has 0 bridgehead atoms. The van der Waals surface area contributed by atoms with Gasteiger partial charge in [0, 0.05) is 16.9 Å². The largest absolute Gasteiger partial charge is 0.321 e. The smallest absolute Gasteiger partial charge is 0.274 e. The molecule has 0 saturated heterocycles. The molecule has 3 rings (SSSR count). The van der Waals surface area contributed by atoms with Crippen LogP contribution in [0.3, 0.4) is 0 Å². The molecule has 0 radical (unpaired) electrons. The normalized spacial score (nSPS) is 10.3. The van der Waals surface area contributed by atoms with E-state index in [1.54, 1.807) is 36.4 Å². The van der Waals surface area contributed by atoms with Crippen LogP contribution in [0, 0.1) is 13.8 Å². The first-order chi connectivity index (χ1) is 13.8. The van der Waals surface area contributed by atoms with Gasteiger partial charge in [-0.25, -0.2) is 4.98 Å². The van der Waals surface area contributed by atoms with Crippen LogP contribution >= 0.6 is 0 Å². The van der Waals surface area contributed by atoms with Crippen molar-refractivity contribution < 1.29 is 14.4 Å². The minimum absolute atomic E-state index is 0.0932. The van der Waals surface area contributed by atoms with Gasteiger partial charge in [0.15, 0.2) is 5.78 Å². The number of carbonyl (C=O) groups is 3. The van der Waals surface area contributed by atoms with Gasteiger partial charge in [-0.15, -0.1) is 0 Å². The van der Waals surface area contributed by atoms with Gasteiger partial charge < -0.3 is 10.6 Å². The van der Waals surface area contributed by atoms with Crippen molar-refractivity contribution in [3.8, 4) is 0 Å². The van der Waals surface area contributed by atoms with E-state index in [1.165, 1.54) is 13.0 Å². The number of Topliss-reactive ketones (excluding diaryl/α,β-unsaturated/α-hetero) is 1. The average molecular weight is 387 g/mol. The molecule has 2 amide bonds. The fourth-order valence-corrected chi connectivity index (χ4v) is 2.84. The minimum atomic E-state index is -0.466. The molecular weight excluding hydrogens is 366 g/mol. The van der Waals surface area contributed by atoms with Crippen molar-refractivity contribution >= 4 is 29.0 Å². The first-order valence-electron chi connectivity index (χ1n) is 9.11. The minimum Gasteiger partial charge on any atom is -0.321 e. The third-order valence-corrected chi connectivity index (χ3v) is 4.37. The lowest BCUT2D eigenvalue weighted by atomic mass is 10.1. The van der Waals surface area contributed by atoms with Gasteiger partial charge in [-0.05, 0) is 56.7 Å². The average Bonchev–Trinajstić information content (AvgIpc) is 2.70. The molecule has 6 nitrogen and oxygen atoms in total. The molecule has 0 spiro atoms. The Balaban J connectivity index is 1.76. The Kier molecular flexibility index (Phi) is 5.83. The summed E-state index contributed by atoms with van der Waals surface area (Å²) in [5.41, 5.74) is 3.95. The van der Waals surface area contributed by atoms with Gasteiger partial charge in [-0.2, -0.15) is 0 Å². The van der Waals surface area contributed by atoms with E-state index < -0.39 is 11.8 Å². The van der Waals surface area contributed by atoms with E-state index in [9.17, 15) is 14.4 Å². The summed E-state index contributed by atoms with van der Waals surface area (Å²) in [6.07, 6.45) is 0. The predicted molar refractivity (Wildman–Crippen MR) is 113 cm³/mol. The molecule has 0 fully saturated rings. The third kappa shape index (κ3) is 4.93. The van der Waals surface area contributed by atoms with Crippen molar-refractivity contribution in [2.75, 3.05) is 10.6 Å². The van der Waals surface area contributed by atoms with Crippen molar-refractivity contribution in [3.63, 3.8) is 0 Å². The first kappa shape index (κ1) is 19.9. The van der Waals surface area contributed by atoms with Gasteiger partial charge in [0.2, 0.25) is 0 Å². The highest BCUT2D eigenvalue weighted by Crippen LogP contribution is 2.17. The molecule has 2 aromatic carbocycles. The summed E-state index contributed by atoms with van der Waals surface area (Å²) in [5, 5.41) is 5.52. The summed E-state index contributed by atoms with van der Waals surface area (Å²) >= 11 is 0. The van der Waals surface area contributed by atoms with E-state index in [0.717, 1.165) is 11.1 Å². The number of benzene rings is 2. The predicted octanol–water partition coefficient (Wildman–Crippen LogP) is 4.41. The van der Waals surface area contributed by atoms with Gasteiger partial charge >= 0.3 is 0 Å². The van der Waals surface area contributed by atoms with E-state index in [1.807, 2.05) is 32.0 Å². The Morgan fingerprint density at radius 1 is 0.793 bits per heavy atom.